The van der Waals surface area contributed by atoms with E-state index in [4.69, 9.17) is 10.00 Å². The highest BCUT2D eigenvalue weighted by molar-refractivity contribution is 5.81. The van der Waals surface area contributed by atoms with Crippen LogP contribution in [0.2, 0.25) is 0 Å². The lowest BCUT2D eigenvalue weighted by molar-refractivity contribution is -0.132. The zero-order valence-corrected chi connectivity index (χ0v) is 9.32. The molecule has 1 N–H and O–H groups in total. The fourth-order valence-electron chi connectivity index (χ4n) is 1.72. The highest BCUT2D eigenvalue weighted by Crippen LogP contribution is 2.19. The van der Waals surface area contributed by atoms with E-state index >= 15 is 0 Å². The van der Waals surface area contributed by atoms with Crippen LogP contribution >= 0.6 is 0 Å². The van der Waals surface area contributed by atoms with Crippen molar-refractivity contribution in [2.45, 2.75) is 57.8 Å². The van der Waals surface area contributed by atoms with E-state index in [0.717, 1.165) is 19.3 Å². The van der Waals surface area contributed by atoms with Crippen molar-refractivity contribution >= 4 is 5.91 Å². The largest absolute Gasteiger partial charge is 0.365 e. The lowest BCUT2D eigenvalue weighted by atomic mass is 10.1. The standard InChI is InChI=1S/C11H18N2O2/c1-3-4-9(7-12)13-11(14)10-6-5-8(2)15-10/h8-10H,3-6H2,1-2H3,(H,13,14). The van der Waals surface area contributed by atoms with Gasteiger partial charge in [-0.25, -0.2) is 0 Å². The molecule has 3 unspecified atom stereocenters. The summed E-state index contributed by atoms with van der Waals surface area (Å²) in [6.07, 6.45) is 3.07. The number of hydrogen-bond donors (Lipinski definition) is 1. The van der Waals surface area contributed by atoms with Crippen molar-refractivity contribution in [3.63, 3.8) is 0 Å². The first-order valence-corrected chi connectivity index (χ1v) is 5.52. The average Bonchev–Trinajstić information content (AvgIpc) is 2.64. The zero-order chi connectivity index (χ0) is 11.3. The number of carbonyl (C=O) groups excluding carboxylic acids is 1. The summed E-state index contributed by atoms with van der Waals surface area (Å²) in [7, 11) is 0. The third-order valence-corrected chi connectivity index (χ3v) is 2.57. The minimum absolute atomic E-state index is 0.139. The molecule has 4 heteroatoms. The molecular weight excluding hydrogens is 192 g/mol. The minimum atomic E-state index is -0.373. The quantitative estimate of drug-likeness (QED) is 0.762. The second-order valence-corrected chi connectivity index (χ2v) is 3.99. The van der Waals surface area contributed by atoms with E-state index in [-0.39, 0.29) is 24.2 Å². The van der Waals surface area contributed by atoms with Crippen molar-refractivity contribution < 1.29 is 9.53 Å². The Balaban J connectivity index is 2.38. The van der Waals surface area contributed by atoms with Gasteiger partial charge in [-0.3, -0.25) is 4.79 Å². The second-order valence-electron chi connectivity index (χ2n) is 3.99. The third kappa shape index (κ3) is 3.52. The molecule has 1 aliphatic heterocycles. The number of ether oxygens (including phenoxy) is 1. The van der Waals surface area contributed by atoms with E-state index in [0.29, 0.717) is 6.42 Å². The summed E-state index contributed by atoms with van der Waals surface area (Å²) in [6.45, 7) is 3.95. The van der Waals surface area contributed by atoms with Gasteiger partial charge in [-0.2, -0.15) is 5.26 Å². The monoisotopic (exact) mass is 210 g/mol. The molecule has 4 nitrogen and oxygen atoms in total. The van der Waals surface area contributed by atoms with Gasteiger partial charge in [0.2, 0.25) is 5.91 Å². The number of hydrogen-bond acceptors (Lipinski definition) is 3. The van der Waals surface area contributed by atoms with Gasteiger partial charge in [0.05, 0.1) is 12.2 Å². The first-order chi connectivity index (χ1) is 7.17. The molecule has 1 heterocycles. The molecule has 1 amide bonds. The summed E-state index contributed by atoms with van der Waals surface area (Å²) in [6, 6.07) is 1.71. The van der Waals surface area contributed by atoms with Crippen LogP contribution in [0.25, 0.3) is 0 Å². The van der Waals surface area contributed by atoms with Crippen molar-refractivity contribution in [1.82, 2.24) is 5.32 Å². The van der Waals surface area contributed by atoms with E-state index in [1.807, 2.05) is 13.8 Å². The van der Waals surface area contributed by atoms with Gasteiger partial charge in [-0.1, -0.05) is 13.3 Å². The average molecular weight is 210 g/mol. The maximum absolute atomic E-state index is 11.6. The summed E-state index contributed by atoms with van der Waals surface area (Å²) in [4.78, 5) is 11.6. The van der Waals surface area contributed by atoms with Crippen LogP contribution in [0, 0.1) is 11.3 Å². The molecule has 0 aliphatic carbocycles. The van der Waals surface area contributed by atoms with Crippen molar-refractivity contribution in [2.75, 3.05) is 0 Å². The van der Waals surface area contributed by atoms with Crippen LogP contribution in [-0.2, 0) is 9.53 Å². The fourth-order valence-corrected chi connectivity index (χ4v) is 1.72. The van der Waals surface area contributed by atoms with E-state index in [1.165, 1.54) is 0 Å². The number of amides is 1. The van der Waals surface area contributed by atoms with Crippen LogP contribution in [0.15, 0.2) is 0 Å². The molecule has 0 spiro atoms. The third-order valence-electron chi connectivity index (χ3n) is 2.57. The predicted octanol–water partition coefficient (Wildman–Crippen LogP) is 1.36. The predicted molar refractivity (Wildman–Crippen MR) is 56.0 cm³/mol. The topological polar surface area (TPSA) is 62.1 Å². The smallest absolute Gasteiger partial charge is 0.250 e. The molecule has 15 heavy (non-hydrogen) atoms. The van der Waals surface area contributed by atoms with Gasteiger partial charge in [0.15, 0.2) is 0 Å². The molecule has 84 valence electrons. The molecular formula is C11H18N2O2. The SMILES string of the molecule is CCCC(C#N)NC(=O)C1CCC(C)O1. The fraction of sp³-hybridized carbons (Fsp3) is 0.818. The first kappa shape index (κ1) is 12.0. The number of rotatable bonds is 4. The Morgan fingerprint density at radius 1 is 1.67 bits per heavy atom. The Bertz CT molecular complexity index is 260. The van der Waals surface area contributed by atoms with Crippen molar-refractivity contribution in [3.8, 4) is 6.07 Å². The van der Waals surface area contributed by atoms with Crippen molar-refractivity contribution in [3.05, 3.63) is 0 Å². The summed E-state index contributed by atoms with van der Waals surface area (Å²) >= 11 is 0. The summed E-state index contributed by atoms with van der Waals surface area (Å²) < 4.78 is 5.43. The normalized spacial score (nSPS) is 27.0. The molecule has 1 rings (SSSR count). The molecule has 0 aromatic rings. The lowest BCUT2D eigenvalue weighted by Gasteiger charge is -2.14. The molecule has 1 saturated heterocycles. The summed E-state index contributed by atoms with van der Waals surface area (Å²) in [5, 5.41) is 11.5. The van der Waals surface area contributed by atoms with E-state index in [1.54, 1.807) is 0 Å². The highest BCUT2D eigenvalue weighted by atomic mass is 16.5. The van der Waals surface area contributed by atoms with Gasteiger partial charge in [-0.15, -0.1) is 0 Å². The maximum Gasteiger partial charge on any atom is 0.250 e. The van der Waals surface area contributed by atoms with E-state index in [2.05, 4.69) is 11.4 Å². The van der Waals surface area contributed by atoms with Gasteiger partial charge in [0, 0.05) is 0 Å². The Kier molecular flexibility index (Phi) is 4.57. The van der Waals surface area contributed by atoms with Crippen LogP contribution in [0.1, 0.15) is 39.5 Å². The first-order valence-electron chi connectivity index (χ1n) is 5.52. The Morgan fingerprint density at radius 2 is 2.40 bits per heavy atom. The van der Waals surface area contributed by atoms with Crippen LogP contribution in [-0.4, -0.2) is 24.2 Å². The molecule has 1 aliphatic rings. The molecule has 0 aromatic heterocycles. The van der Waals surface area contributed by atoms with Crippen LogP contribution in [0.4, 0.5) is 0 Å². The van der Waals surface area contributed by atoms with Crippen molar-refractivity contribution in [1.29, 1.82) is 5.26 Å². The Morgan fingerprint density at radius 3 is 2.87 bits per heavy atom. The zero-order valence-electron chi connectivity index (χ0n) is 9.32. The number of carbonyl (C=O) groups is 1. The van der Waals surface area contributed by atoms with E-state index in [9.17, 15) is 4.79 Å². The minimum Gasteiger partial charge on any atom is -0.365 e. The molecule has 0 radical (unpaired) electrons. The second kappa shape index (κ2) is 5.72. The highest BCUT2D eigenvalue weighted by Gasteiger charge is 2.29. The lowest BCUT2D eigenvalue weighted by Crippen LogP contribution is -2.40. The number of nitriles is 1. The number of nitrogens with zero attached hydrogens (tertiary/aromatic N) is 1. The molecule has 3 atom stereocenters. The Labute approximate surface area is 90.6 Å². The Hall–Kier alpha value is -1.08. The van der Waals surface area contributed by atoms with Gasteiger partial charge in [-0.05, 0) is 26.2 Å². The molecule has 0 aromatic carbocycles. The summed E-state index contributed by atoms with van der Waals surface area (Å²) in [5.74, 6) is -0.139. The van der Waals surface area contributed by atoms with Crippen LogP contribution < -0.4 is 5.32 Å². The van der Waals surface area contributed by atoms with E-state index < -0.39 is 0 Å². The van der Waals surface area contributed by atoms with Crippen molar-refractivity contribution in [2.24, 2.45) is 0 Å². The van der Waals surface area contributed by atoms with Gasteiger partial charge >= 0.3 is 0 Å². The van der Waals surface area contributed by atoms with Gasteiger partial charge in [0.1, 0.15) is 12.1 Å². The van der Waals surface area contributed by atoms with Crippen LogP contribution in [0.3, 0.4) is 0 Å². The van der Waals surface area contributed by atoms with Gasteiger partial charge < -0.3 is 10.1 Å². The van der Waals surface area contributed by atoms with Crippen LogP contribution in [0.5, 0.6) is 0 Å². The number of nitrogens with one attached hydrogen (secondary N) is 1. The summed E-state index contributed by atoms with van der Waals surface area (Å²) in [5.41, 5.74) is 0. The maximum atomic E-state index is 11.6. The molecule has 0 saturated carbocycles. The molecule has 0 bridgehead atoms. The van der Waals surface area contributed by atoms with Gasteiger partial charge in [0.25, 0.3) is 0 Å². The molecule has 1 fully saturated rings.